The zero-order valence-electron chi connectivity index (χ0n) is 14.3. The first-order valence-corrected chi connectivity index (χ1v) is 9.27. The number of halogens is 1. The number of amides is 1. The lowest BCUT2D eigenvalue weighted by molar-refractivity contribution is 0.0946. The largest absolute Gasteiger partial charge is 0.357 e. The Bertz CT molecular complexity index is 1060. The summed E-state index contributed by atoms with van der Waals surface area (Å²) in [4.78, 5) is 20.8. The molecule has 1 aromatic carbocycles. The van der Waals surface area contributed by atoms with Gasteiger partial charge in [0.05, 0.1) is 0 Å². The molecule has 0 aliphatic heterocycles. The monoisotopic (exact) mass is 377 g/mol. The van der Waals surface area contributed by atoms with Crippen LogP contribution in [0.2, 0.25) is 0 Å². The van der Waals surface area contributed by atoms with Gasteiger partial charge in [-0.05, 0) is 52.4 Å². The van der Waals surface area contributed by atoms with Crippen molar-refractivity contribution in [1.29, 1.82) is 0 Å². The van der Waals surface area contributed by atoms with E-state index in [4.69, 9.17) is 0 Å². The molecule has 0 atom stereocenters. The number of thiophene rings is 1. The predicted octanol–water partition coefficient (Wildman–Crippen LogP) is 4.87. The van der Waals surface area contributed by atoms with E-state index >= 15 is 0 Å². The summed E-state index contributed by atoms with van der Waals surface area (Å²) in [5.74, 6) is -0.490. The second-order valence-corrected chi connectivity index (χ2v) is 7.00. The molecule has 0 aliphatic rings. The number of benzene rings is 1. The number of carbonyl (C=O) groups is 1. The highest BCUT2D eigenvalue weighted by Crippen LogP contribution is 2.24. The van der Waals surface area contributed by atoms with Crippen LogP contribution in [0.15, 0.2) is 72.5 Å². The van der Waals surface area contributed by atoms with Gasteiger partial charge in [0.15, 0.2) is 0 Å². The Hall–Kier alpha value is -3.25. The molecule has 1 amide bonds. The summed E-state index contributed by atoms with van der Waals surface area (Å²) in [5.41, 5.74) is 4.10. The van der Waals surface area contributed by atoms with Gasteiger partial charge in [-0.1, -0.05) is 18.2 Å². The number of pyridine rings is 1. The third-order valence-corrected chi connectivity index (χ3v) is 5.08. The van der Waals surface area contributed by atoms with Crippen molar-refractivity contribution in [1.82, 2.24) is 15.3 Å². The number of hydrogen-bond donors (Lipinski definition) is 2. The number of aromatic nitrogens is 2. The molecule has 0 fully saturated rings. The molecular weight excluding hydrogens is 361 g/mol. The molecule has 0 saturated carbocycles. The molecule has 0 spiro atoms. The van der Waals surface area contributed by atoms with Crippen molar-refractivity contribution in [2.45, 2.75) is 6.54 Å². The Labute approximate surface area is 159 Å². The van der Waals surface area contributed by atoms with Crippen molar-refractivity contribution < 1.29 is 9.18 Å². The van der Waals surface area contributed by atoms with E-state index in [0.29, 0.717) is 12.2 Å². The van der Waals surface area contributed by atoms with Gasteiger partial charge in [-0.3, -0.25) is 9.78 Å². The lowest BCUT2D eigenvalue weighted by atomic mass is 10.1. The van der Waals surface area contributed by atoms with Crippen LogP contribution < -0.4 is 5.32 Å². The van der Waals surface area contributed by atoms with E-state index in [2.05, 4.69) is 15.3 Å². The summed E-state index contributed by atoms with van der Waals surface area (Å²) < 4.78 is 13.0. The molecule has 4 nitrogen and oxygen atoms in total. The average Bonchev–Trinajstić information content (AvgIpc) is 3.39. The highest BCUT2D eigenvalue weighted by molar-refractivity contribution is 7.13. The fourth-order valence-corrected chi connectivity index (χ4v) is 3.48. The second kappa shape index (κ2) is 7.55. The number of nitrogens with one attached hydrogen (secondary N) is 2. The standard InChI is InChI=1S/C21H16FN3OS/c22-18-5-3-15(4-6-18)16-9-19(24-13-16)21(26)25-11-14-8-17(12-23-10-14)20-2-1-7-27-20/h1-10,12-13,24H,11H2,(H,25,26). The van der Waals surface area contributed by atoms with Gasteiger partial charge in [-0.25, -0.2) is 4.39 Å². The van der Waals surface area contributed by atoms with Gasteiger partial charge in [0.2, 0.25) is 0 Å². The maximum absolute atomic E-state index is 13.0. The van der Waals surface area contributed by atoms with Crippen molar-refractivity contribution in [2.24, 2.45) is 0 Å². The molecule has 0 bridgehead atoms. The van der Waals surface area contributed by atoms with E-state index in [-0.39, 0.29) is 11.7 Å². The molecule has 0 unspecified atom stereocenters. The lowest BCUT2D eigenvalue weighted by Gasteiger charge is -2.05. The minimum Gasteiger partial charge on any atom is -0.357 e. The summed E-state index contributed by atoms with van der Waals surface area (Å²) >= 11 is 1.65. The molecule has 134 valence electrons. The highest BCUT2D eigenvalue weighted by Gasteiger charge is 2.10. The van der Waals surface area contributed by atoms with Gasteiger partial charge in [-0.15, -0.1) is 11.3 Å². The van der Waals surface area contributed by atoms with Crippen molar-refractivity contribution >= 4 is 17.2 Å². The summed E-state index contributed by atoms with van der Waals surface area (Å²) in [6.45, 7) is 0.385. The van der Waals surface area contributed by atoms with Gasteiger partial charge >= 0.3 is 0 Å². The van der Waals surface area contributed by atoms with Crippen LogP contribution in [0.25, 0.3) is 21.6 Å². The SMILES string of the molecule is O=C(NCc1cncc(-c2cccs2)c1)c1cc(-c2ccc(F)cc2)c[nH]1. The van der Waals surface area contributed by atoms with Crippen LogP contribution in [0, 0.1) is 5.82 Å². The third kappa shape index (κ3) is 3.96. The van der Waals surface area contributed by atoms with Crippen molar-refractivity contribution in [3.63, 3.8) is 0 Å². The van der Waals surface area contributed by atoms with E-state index in [0.717, 1.165) is 27.1 Å². The first-order valence-electron chi connectivity index (χ1n) is 8.39. The minimum atomic E-state index is -0.286. The fraction of sp³-hybridized carbons (Fsp3) is 0.0476. The van der Waals surface area contributed by atoms with Crippen LogP contribution >= 0.6 is 11.3 Å². The van der Waals surface area contributed by atoms with Gasteiger partial charge in [0, 0.05) is 35.6 Å². The summed E-state index contributed by atoms with van der Waals surface area (Å²) in [5, 5.41) is 4.92. The molecule has 4 rings (SSSR count). The van der Waals surface area contributed by atoms with Crippen LogP contribution in [-0.4, -0.2) is 15.9 Å². The molecule has 6 heteroatoms. The number of rotatable bonds is 5. The number of hydrogen-bond acceptors (Lipinski definition) is 3. The first-order chi connectivity index (χ1) is 13.2. The van der Waals surface area contributed by atoms with Crippen molar-refractivity contribution in [3.8, 4) is 21.6 Å². The van der Waals surface area contributed by atoms with Crippen molar-refractivity contribution in [3.05, 3.63) is 89.6 Å². The van der Waals surface area contributed by atoms with Crippen LogP contribution in [0.3, 0.4) is 0 Å². The Kier molecular flexibility index (Phi) is 4.80. The number of carbonyl (C=O) groups excluding carboxylic acids is 1. The summed E-state index contributed by atoms with van der Waals surface area (Å²) in [7, 11) is 0. The van der Waals surface area contributed by atoms with E-state index in [9.17, 15) is 9.18 Å². The maximum Gasteiger partial charge on any atom is 0.267 e. The minimum absolute atomic E-state index is 0.204. The topological polar surface area (TPSA) is 57.8 Å². The van der Waals surface area contributed by atoms with Gasteiger partial charge in [-0.2, -0.15) is 0 Å². The number of aromatic amines is 1. The molecule has 0 saturated heterocycles. The molecule has 4 aromatic rings. The van der Waals surface area contributed by atoms with Crippen molar-refractivity contribution in [2.75, 3.05) is 0 Å². The van der Waals surface area contributed by atoms with E-state index in [1.54, 1.807) is 41.9 Å². The first kappa shape index (κ1) is 17.2. The van der Waals surface area contributed by atoms with Crippen LogP contribution in [0.4, 0.5) is 4.39 Å². The maximum atomic E-state index is 13.0. The smallest absolute Gasteiger partial charge is 0.267 e. The summed E-state index contributed by atoms with van der Waals surface area (Å²) in [6, 6.07) is 14.0. The average molecular weight is 377 g/mol. The van der Waals surface area contributed by atoms with E-state index < -0.39 is 0 Å². The molecule has 0 aliphatic carbocycles. The zero-order valence-corrected chi connectivity index (χ0v) is 15.1. The quantitative estimate of drug-likeness (QED) is 0.521. The predicted molar refractivity (Wildman–Crippen MR) is 105 cm³/mol. The normalized spacial score (nSPS) is 10.7. The third-order valence-electron chi connectivity index (χ3n) is 4.16. The summed E-state index contributed by atoms with van der Waals surface area (Å²) in [6.07, 6.45) is 5.30. The molecular formula is C21H16FN3OS. The van der Waals surface area contributed by atoms with Crippen LogP contribution in [-0.2, 0) is 6.54 Å². The van der Waals surface area contributed by atoms with E-state index in [1.165, 1.54) is 12.1 Å². The van der Waals surface area contributed by atoms with Crippen LogP contribution in [0.1, 0.15) is 16.1 Å². The molecule has 0 radical (unpaired) electrons. The zero-order chi connectivity index (χ0) is 18.6. The highest BCUT2D eigenvalue weighted by atomic mass is 32.1. The molecule has 3 heterocycles. The number of nitrogens with zero attached hydrogens (tertiary/aromatic N) is 1. The number of H-pyrrole nitrogens is 1. The molecule has 27 heavy (non-hydrogen) atoms. The Morgan fingerprint density at radius 3 is 2.70 bits per heavy atom. The lowest BCUT2D eigenvalue weighted by Crippen LogP contribution is -2.23. The van der Waals surface area contributed by atoms with Gasteiger partial charge < -0.3 is 10.3 Å². The van der Waals surface area contributed by atoms with E-state index in [1.807, 2.05) is 29.8 Å². The molecule has 2 N–H and O–H groups in total. The van der Waals surface area contributed by atoms with Crippen LogP contribution in [0.5, 0.6) is 0 Å². The van der Waals surface area contributed by atoms with Gasteiger partial charge in [0.25, 0.3) is 5.91 Å². The Morgan fingerprint density at radius 2 is 1.93 bits per heavy atom. The molecule has 3 aromatic heterocycles. The fourth-order valence-electron chi connectivity index (χ4n) is 2.77. The second-order valence-electron chi connectivity index (χ2n) is 6.05. The Balaban J connectivity index is 1.43. The van der Waals surface area contributed by atoms with Gasteiger partial charge in [0.1, 0.15) is 11.5 Å². The Morgan fingerprint density at radius 1 is 1.07 bits per heavy atom.